The number of ether oxygens (including phenoxy) is 5. The van der Waals surface area contributed by atoms with Gasteiger partial charge < -0.3 is 48.9 Å². The van der Waals surface area contributed by atoms with Gasteiger partial charge in [0.1, 0.15) is 12.6 Å². The number of ketones is 1. The van der Waals surface area contributed by atoms with Crippen molar-refractivity contribution in [3.63, 3.8) is 0 Å². The lowest BCUT2D eigenvalue weighted by molar-refractivity contribution is -0.137. The molecule has 0 aliphatic carbocycles. The largest absolute Gasteiger partial charge is 0.493 e. The molecule has 2 atom stereocenters. The van der Waals surface area contributed by atoms with Gasteiger partial charge in [-0.2, -0.15) is 0 Å². The van der Waals surface area contributed by atoms with Gasteiger partial charge in [0, 0.05) is 91.7 Å². The summed E-state index contributed by atoms with van der Waals surface area (Å²) in [6.45, 7) is 3.64. The second-order valence-corrected chi connectivity index (χ2v) is 17.4. The van der Waals surface area contributed by atoms with Crippen molar-refractivity contribution in [3.05, 3.63) is 82.8 Å². The average molecular weight is 949 g/mol. The van der Waals surface area contributed by atoms with E-state index in [2.05, 4.69) is 10.6 Å². The summed E-state index contributed by atoms with van der Waals surface area (Å²) in [4.78, 5) is 97.8. The number of imide groups is 1. The molecule has 0 saturated carbocycles. The highest BCUT2D eigenvalue weighted by Gasteiger charge is 2.29. The van der Waals surface area contributed by atoms with Gasteiger partial charge in [0.25, 0.3) is 17.4 Å². The number of unbranched alkanes of at least 4 members (excludes halogenated alkanes) is 2. The molecule has 5 amide bonds. The van der Waals surface area contributed by atoms with Crippen LogP contribution in [-0.4, -0.2) is 114 Å². The number of amides is 5. The molecule has 0 saturated heterocycles. The van der Waals surface area contributed by atoms with Crippen LogP contribution in [0.1, 0.15) is 57.9 Å². The number of hydrogen-bond acceptors (Lipinski definition) is 14. The normalized spacial score (nSPS) is 13.9. The lowest BCUT2D eigenvalue weighted by atomic mass is 9.89. The van der Waals surface area contributed by atoms with E-state index in [0.717, 1.165) is 4.90 Å². The molecule has 4 heterocycles. The quantitative estimate of drug-likeness (QED) is 0.0458. The van der Waals surface area contributed by atoms with E-state index in [1.807, 2.05) is 13.8 Å². The lowest BCUT2D eigenvalue weighted by Crippen LogP contribution is -2.44. The fraction of sp³-hybridized carbons (Fsp3) is 0.400. The van der Waals surface area contributed by atoms with Gasteiger partial charge in [-0.3, -0.25) is 38.7 Å². The van der Waals surface area contributed by atoms with E-state index >= 15 is 0 Å². The molecule has 2 aliphatic heterocycles. The van der Waals surface area contributed by atoms with E-state index in [-0.39, 0.29) is 69.2 Å². The summed E-state index contributed by atoms with van der Waals surface area (Å²) in [5.74, 6) is -0.840. The summed E-state index contributed by atoms with van der Waals surface area (Å²) >= 11 is 0. The van der Waals surface area contributed by atoms with E-state index in [1.165, 1.54) is 31.3 Å². The molecule has 69 heavy (non-hydrogen) atoms. The molecular weight excluding hydrogens is 893 g/mol. The number of aliphatic hydroxyl groups excluding tert-OH is 1. The van der Waals surface area contributed by atoms with Crippen LogP contribution in [0.5, 0.6) is 23.0 Å². The third kappa shape index (κ3) is 11.4. The summed E-state index contributed by atoms with van der Waals surface area (Å²) in [6.07, 6.45) is 5.29. The minimum absolute atomic E-state index is 0.0535. The number of benzene rings is 3. The maximum atomic E-state index is 14.3. The van der Waals surface area contributed by atoms with Crippen molar-refractivity contribution >= 4 is 73.8 Å². The summed E-state index contributed by atoms with van der Waals surface area (Å²) in [5.41, 5.74) is 1.95. The van der Waals surface area contributed by atoms with E-state index in [0.29, 0.717) is 92.5 Å². The molecule has 0 spiro atoms. The van der Waals surface area contributed by atoms with Crippen LogP contribution in [0.4, 0.5) is 10.5 Å². The number of rotatable bonds is 22. The maximum absolute atomic E-state index is 14.3. The van der Waals surface area contributed by atoms with Crippen molar-refractivity contribution in [3.8, 4) is 23.0 Å². The molecule has 0 radical (unpaired) electrons. The predicted octanol–water partition coefficient (Wildman–Crippen LogP) is 5.24. The second kappa shape index (κ2) is 22.0. The number of hydrogen-bond donors (Lipinski definition) is 3. The molecular formula is C50H56N6O13. The van der Waals surface area contributed by atoms with Gasteiger partial charge >= 0.3 is 6.09 Å². The molecule has 19 heteroatoms. The third-order valence-electron chi connectivity index (χ3n) is 12.1. The Morgan fingerprint density at radius 3 is 2.20 bits per heavy atom. The lowest BCUT2D eigenvalue weighted by Gasteiger charge is -2.21. The number of Topliss-reactive ketones (excluding diaryl/α,β-unsaturated/α-hetero) is 1. The fourth-order valence-corrected chi connectivity index (χ4v) is 8.44. The van der Waals surface area contributed by atoms with E-state index in [9.17, 15) is 38.7 Å². The Bertz CT molecular complexity index is 2860. The van der Waals surface area contributed by atoms with Crippen LogP contribution in [0.25, 0.3) is 32.6 Å². The number of nitrogens with one attached hydrogen (secondary N) is 2. The topological polar surface area (TPSA) is 234 Å². The van der Waals surface area contributed by atoms with Crippen molar-refractivity contribution in [1.29, 1.82) is 0 Å². The average Bonchev–Trinajstić information content (AvgIpc) is 3.94. The van der Waals surface area contributed by atoms with Gasteiger partial charge in [0.05, 0.1) is 37.2 Å². The minimum atomic E-state index is -1.19. The predicted molar refractivity (Wildman–Crippen MR) is 254 cm³/mol. The first-order valence-corrected chi connectivity index (χ1v) is 22.7. The number of methoxy groups -OCH3 is 2. The van der Waals surface area contributed by atoms with Gasteiger partial charge in [-0.1, -0.05) is 32.4 Å². The molecule has 364 valence electrons. The van der Waals surface area contributed by atoms with Gasteiger partial charge in [0.15, 0.2) is 28.8 Å². The fourth-order valence-electron chi connectivity index (χ4n) is 8.44. The van der Waals surface area contributed by atoms with E-state index in [4.69, 9.17) is 28.7 Å². The van der Waals surface area contributed by atoms with E-state index in [1.54, 1.807) is 66.3 Å². The summed E-state index contributed by atoms with van der Waals surface area (Å²) in [5, 5.41) is 17.7. The molecule has 3 aromatic carbocycles. The standard InChI is InChI=1S/C50H56N6O13/c1-29(2)19-31(20-39(58)38(26-57)53-44(59)9-7-6-8-16-55-45(60)14-15-46(55)61)48(62)52-32-12-10-30(11-13-32)27-67-50(64)54(3)17-18-56-47-35-23-42-43(69-28-68-42)24-37(35)51-25-36(47)33-21-40(65-4)41(66-5)22-34(33)49(56)63/h10-15,21-25,29,31,38,57H,6-9,16-20,26-28H2,1-5H3,(H,52,62)(H,53,59)/t31-,38+/m1/s1. The number of carbonyl (C=O) groups excluding carboxylic acids is 6. The number of likely N-dealkylation sites (N-methyl/N-ethyl adjacent to an activating group) is 1. The Labute approximate surface area is 397 Å². The summed E-state index contributed by atoms with van der Waals surface area (Å²) in [7, 11) is 4.58. The monoisotopic (exact) mass is 948 g/mol. The van der Waals surface area contributed by atoms with Crippen LogP contribution in [0.15, 0.2) is 71.7 Å². The van der Waals surface area contributed by atoms with Crippen LogP contribution in [0.3, 0.4) is 0 Å². The Kier molecular flexibility index (Phi) is 15.8. The molecule has 0 fully saturated rings. The van der Waals surface area contributed by atoms with Gasteiger partial charge in [-0.05, 0) is 61.1 Å². The highest BCUT2D eigenvalue weighted by atomic mass is 16.7. The van der Waals surface area contributed by atoms with Crippen LogP contribution in [-0.2, 0) is 41.9 Å². The van der Waals surface area contributed by atoms with Crippen LogP contribution in [0.2, 0.25) is 0 Å². The van der Waals surface area contributed by atoms with Crippen LogP contribution < -0.4 is 35.1 Å². The SMILES string of the molecule is COc1cc2c(=O)n(CCN(C)C(=O)OCc3ccc(NC(=O)[C@@H](CC(=O)[C@H](CO)NC(=O)CCCCCN4C(=O)C=CC4=O)CC(C)C)cc3)c3c4cc5c(cc4ncc3c2cc1OC)OCO5. The Balaban J connectivity index is 0.935. The van der Waals surface area contributed by atoms with Gasteiger partial charge in [0.2, 0.25) is 18.6 Å². The number of aromatic nitrogens is 2. The molecule has 5 aromatic rings. The Hall–Kier alpha value is -7.54. The molecule has 19 nitrogen and oxygen atoms in total. The Morgan fingerprint density at radius 2 is 1.54 bits per heavy atom. The highest BCUT2D eigenvalue weighted by Crippen LogP contribution is 2.40. The van der Waals surface area contributed by atoms with E-state index < -0.39 is 42.3 Å². The highest BCUT2D eigenvalue weighted by molar-refractivity contribution is 6.15. The van der Waals surface area contributed by atoms with Gasteiger partial charge in [-0.15, -0.1) is 0 Å². The summed E-state index contributed by atoms with van der Waals surface area (Å²) in [6, 6.07) is 12.5. The first-order valence-electron chi connectivity index (χ1n) is 22.7. The number of carbonyl (C=O) groups is 6. The van der Waals surface area contributed by atoms with Crippen molar-refractivity contribution in [1.82, 2.24) is 24.7 Å². The van der Waals surface area contributed by atoms with Crippen molar-refractivity contribution in [2.45, 2.75) is 71.6 Å². The molecule has 3 N–H and O–H groups in total. The van der Waals surface area contributed by atoms with Crippen LogP contribution >= 0.6 is 0 Å². The second-order valence-electron chi connectivity index (χ2n) is 17.4. The molecule has 0 unspecified atom stereocenters. The number of nitrogens with zero attached hydrogens (tertiary/aromatic N) is 4. The zero-order valence-corrected chi connectivity index (χ0v) is 39.2. The zero-order chi connectivity index (χ0) is 49.4. The molecule has 2 aromatic heterocycles. The molecule has 2 aliphatic rings. The first-order chi connectivity index (χ1) is 33.2. The first kappa shape index (κ1) is 49.4. The third-order valence-corrected chi connectivity index (χ3v) is 12.1. The smallest absolute Gasteiger partial charge is 0.409 e. The van der Waals surface area contributed by atoms with Crippen molar-refractivity contribution < 1.29 is 57.6 Å². The Morgan fingerprint density at radius 1 is 0.855 bits per heavy atom. The van der Waals surface area contributed by atoms with Crippen LogP contribution in [0, 0.1) is 11.8 Å². The van der Waals surface area contributed by atoms with Gasteiger partial charge in [-0.25, -0.2) is 4.79 Å². The summed E-state index contributed by atoms with van der Waals surface area (Å²) < 4.78 is 29.6. The van der Waals surface area contributed by atoms with Crippen molar-refractivity contribution in [2.24, 2.45) is 11.8 Å². The number of fused-ring (bicyclic) bond motifs is 6. The number of aliphatic hydroxyl groups is 1. The zero-order valence-electron chi connectivity index (χ0n) is 39.2. The minimum Gasteiger partial charge on any atom is -0.493 e. The van der Waals surface area contributed by atoms with Crippen molar-refractivity contribution in [2.75, 3.05) is 53.1 Å². The number of pyridine rings is 2. The number of anilines is 1. The molecule has 0 bridgehead atoms. The maximum Gasteiger partial charge on any atom is 0.409 e. The molecule has 7 rings (SSSR count).